The maximum atomic E-state index is 12.8. The normalized spacial score (nSPS) is 11.2. The molecule has 0 spiro atoms. The van der Waals surface area contributed by atoms with Crippen molar-refractivity contribution in [3.8, 4) is 5.75 Å². The quantitative estimate of drug-likeness (QED) is 0.340. The van der Waals surface area contributed by atoms with Crippen molar-refractivity contribution in [1.82, 2.24) is 10.2 Å². The number of thioether (sulfide) groups is 1. The van der Waals surface area contributed by atoms with E-state index in [2.05, 4.69) is 20.8 Å². The van der Waals surface area contributed by atoms with Gasteiger partial charge in [-0.15, -0.1) is 10.2 Å². The topological polar surface area (TPSA) is 93.2 Å². The van der Waals surface area contributed by atoms with Gasteiger partial charge < -0.3 is 10.1 Å². The number of nitrogens with zero attached hydrogens (tertiary/aromatic N) is 2. The van der Waals surface area contributed by atoms with Crippen molar-refractivity contribution in [1.29, 1.82) is 0 Å². The summed E-state index contributed by atoms with van der Waals surface area (Å²) < 4.78 is 43.8. The molecule has 0 aliphatic heterocycles. The lowest BCUT2D eigenvalue weighted by Crippen LogP contribution is -2.15. The lowest BCUT2D eigenvalue weighted by atomic mass is 10.2. The number of nitrogens with one attached hydrogen (secondary N) is 2. The van der Waals surface area contributed by atoms with E-state index >= 15 is 0 Å². The summed E-state index contributed by atoms with van der Waals surface area (Å²) in [5, 5.41) is 13.3. The molecule has 2 amide bonds. The minimum absolute atomic E-state index is 0.0334. The summed E-state index contributed by atoms with van der Waals surface area (Å²) in [6.07, 6.45) is -4.50. The highest BCUT2D eigenvalue weighted by molar-refractivity contribution is 8.01. The number of methoxy groups -OCH3 is 1. The SMILES string of the molecule is COc1ccc(Cl)cc1C(=O)Nc1nnc(SCC(=O)Nc2cccc(C(F)(F)F)c2)s1. The summed E-state index contributed by atoms with van der Waals surface area (Å²) in [5.41, 5.74) is -0.611. The van der Waals surface area contributed by atoms with Crippen LogP contribution in [0.5, 0.6) is 5.75 Å². The van der Waals surface area contributed by atoms with Crippen molar-refractivity contribution in [2.24, 2.45) is 0 Å². The number of benzene rings is 2. The van der Waals surface area contributed by atoms with E-state index in [1.54, 1.807) is 12.1 Å². The molecule has 0 atom stereocenters. The number of amides is 2. The zero-order valence-electron chi connectivity index (χ0n) is 16.2. The number of ether oxygens (including phenoxy) is 1. The van der Waals surface area contributed by atoms with Crippen molar-refractivity contribution in [2.75, 3.05) is 23.5 Å². The first kappa shape index (κ1) is 23.8. The molecule has 168 valence electrons. The minimum atomic E-state index is -4.50. The molecule has 0 fully saturated rings. The average molecular weight is 503 g/mol. The van der Waals surface area contributed by atoms with Gasteiger partial charge in [0, 0.05) is 10.7 Å². The van der Waals surface area contributed by atoms with Gasteiger partial charge >= 0.3 is 6.18 Å². The number of carbonyl (C=O) groups is 2. The molecule has 32 heavy (non-hydrogen) atoms. The zero-order valence-corrected chi connectivity index (χ0v) is 18.6. The van der Waals surface area contributed by atoms with Crippen molar-refractivity contribution in [2.45, 2.75) is 10.5 Å². The van der Waals surface area contributed by atoms with Crippen molar-refractivity contribution >= 4 is 57.3 Å². The van der Waals surface area contributed by atoms with Crippen LogP contribution in [-0.2, 0) is 11.0 Å². The second kappa shape index (κ2) is 10.2. The highest BCUT2D eigenvalue weighted by Gasteiger charge is 2.30. The van der Waals surface area contributed by atoms with Gasteiger partial charge in [-0.25, -0.2) is 0 Å². The second-order valence-corrected chi connectivity index (χ2v) is 8.72. The van der Waals surface area contributed by atoms with Crippen LogP contribution in [0.25, 0.3) is 0 Å². The molecule has 0 radical (unpaired) electrons. The molecule has 0 unspecified atom stereocenters. The summed E-state index contributed by atoms with van der Waals surface area (Å²) in [5.74, 6) is -0.795. The summed E-state index contributed by atoms with van der Waals surface area (Å²) in [6.45, 7) is 0. The van der Waals surface area contributed by atoms with Crippen LogP contribution in [0.4, 0.5) is 24.0 Å². The summed E-state index contributed by atoms with van der Waals surface area (Å²) >= 11 is 7.99. The molecule has 1 heterocycles. The van der Waals surface area contributed by atoms with Crippen LogP contribution in [-0.4, -0.2) is 34.9 Å². The molecular formula is C19H14ClF3N4O3S2. The number of alkyl halides is 3. The third-order valence-electron chi connectivity index (χ3n) is 3.83. The number of carbonyl (C=O) groups excluding carboxylic acids is 2. The van der Waals surface area contributed by atoms with E-state index < -0.39 is 23.6 Å². The van der Waals surface area contributed by atoms with Crippen LogP contribution in [0.2, 0.25) is 5.02 Å². The van der Waals surface area contributed by atoms with Gasteiger partial charge in [-0.3, -0.25) is 14.9 Å². The van der Waals surface area contributed by atoms with E-state index in [1.807, 2.05) is 0 Å². The van der Waals surface area contributed by atoms with Gasteiger partial charge in [-0.05, 0) is 36.4 Å². The Bertz CT molecular complexity index is 1140. The van der Waals surface area contributed by atoms with Crippen LogP contribution < -0.4 is 15.4 Å². The van der Waals surface area contributed by atoms with Gasteiger partial charge in [0.05, 0.1) is 24.0 Å². The van der Waals surface area contributed by atoms with E-state index in [-0.39, 0.29) is 22.1 Å². The van der Waals surface area contributed by atoms with Gasteiger partial charge in [0.1, 0.15) is 5.75 Å². The monoisotopic (exact) mass is 502 g/mol. The number of rotatable bonds is 7. The Labute approximate surface area is 193 Å². The smallest absolute Gasteiger partial charge is 0.416 e. The average Bonchev–Trinajstić information content (AvgIpc) is 3.19. The Balaban J connectivity index is 1.56. The fourth-order valence-corrected chi connectivity index (χ4v) is 4.16. The van der Waals surface area contributed by atoms with Crippen molar-refractivity contribution in [3.05, 3.63) is 58.6 Å². The lowest BCUT2D eigenvalue weighted by molar-refractivity contribution is -0.137. The molecule has 7 nitrogen and oxygen atoms in total. The number of halogens is 4. The van der Waals surface area contributed by atoms with E-state index in [0.29, 0.717) is 15.1 Å². The largest absolute Gasteiger partial charge is 0.496 e. The van der Waals surface area contributed by atoms with Crippen molar-refractivity contribution in [3.63, 3.8) is 0 Å². The van der Waals surface area contributed by atoms with E-state index in [4.69, 9.17) is 16.3 Å². The number of hydrogen-bond donors (Lipinski definition) is 2. The Morgan fingerprint density at radius 1 is 1.16 bits per heavy atom. The number of hydrogen-bond acceptors (Lipinski definition) is 7. The highest BCUT2D eigenvalue weighted by atomic mass is 35.5. The first-order valence-electron chi connectivity index (χ1n) is 8.74. The Hall–Kier alpha value is -2.83. The molecule has 13 heteroatoms. The van der Waals surface area contributed by atoms with Crippen LogP contribution in [0.3, 0.4) is 0 Å². The second-order valence-electron chi connectivity index (χ2n) is 6.09. The lowest BCUT2D eigenvalue weighted by Gasteiger charge is -2.09. The van der Waals surface area contributed by atoms with Gasteiger partial charge in [0.15, 0.2) is 4.34 Å². The Morgan fingerprint density at radius 3 is 2.66 bits per heavy atom. The van der Waals surface area contributed by atoms with Gasteiger partial charge in [0.25, 0.3) is 5.91 Å². The fourth-order valence-electron chi connectivity index (χ4n) is 2.44. The third-order valence-corrected chi connectivity index (χ3v) is 6.04. The molecule has 3 rings (SSSR count). The maximum absolute atomic E-state index is 12.8. The van der Waals surface area contributed by atoms with Crippen molar-refractivity contribution < 1.29 is 27.5 Å². The summed E-state index contributed by atoms with van der Waals surface area (Å²) in [4.78, 5) is 24.5. The van der Waals surface area contributed by atoms with Crippen LogP contribution in [0.15, 0.2) is 46.8 Å². The van der Waals surface area contributed by atoms with Gasteiger partial charge in [-0.1, -0.05) is 40.8 Å². The number of anilines is 2. The van der Waals surface area contributed by atoms with E-state index in [9.17, 15) is 22.8 Å². The van der Waals surface area contributed by atoms with Gasteiger partial charge in [-0.2, -0.15) is 13.2 Å². The molecule has 0 aliphatic carbocycles. The Kier molecular flexibility index (Phi) is 7.59. The van der Waals surface area contributed by atoms with Crippen LogP contribution in [0.1, 0.15) is 15.9 Å². The fraction of sp³-hybridized carbons (Fsp3) is 0.158. The molecule has 2 N–H and O–H groups in total. The summed E-state index contributed by atoms with van der Waals surface area (Å²) in [7, 11) is 1.42. The standard InChI is InChI=1S/C19H14ClF3N4O3S2/c1-30-14-6-5-11(20)8-13(14)16(29)25-17-26-27-18(32-17)31-9-15(28)24-12-4-2-3-10(7-12)19(21,22)23/h2-8H,9H2,1H3,(H,24,28)(H,25,26,29). The predicted molar refractivity (Wildman–Crippen MR) is 117 cm³/mol. The maximum Gasteiger partial charge on any atom is 0.416 e. The summed E-state index contributed by atoms with van der Waals surface area (Å²) in [6, 6.07) is 8.93. The van der Waals surface area contributed by atoms with E-state index in [1.165, 1.54) is 25.3 Å². The first-order valence-corrected chi connectivity index (χ1v) is 10.9. The molecule has 0 saturated heterocycles. The number of aromatic nitrogens is 2. The van der Waals surface area contributed by atoms with Crippen LogP contribution >= 0.6 is 34.7 Å². The molecule has 0 saturated carbocycles. The minimum Gasteiger partial charge on any atom is -0.496 e. The van der Waals surface area contributed by atoms with E-state index in [0.717, 1.165) is 35.2 Å². The molecule has 0 aliphatic rings. The highest BCUT2D eigenvalue weighted by Crippen LogP contribution is 2.31. The predicted octanol–water partition coefficient (Wildman–Crippen LogP) is 5.20. The molecule has 0 bridgehead atoms. The zero-order chi connectivity index (χ0) is 23.3. The molecule has 2 aromatic carbocycles. The Morgan fingerprint density at radius 2 is 1.94 bits per heavy atom. The third kappa shape index (κ3) is 6.34. The molecular weight excluding hydrogens is 489 g/mol. The van der Waals surface area contributed by atoms with Crippen LogP contribution in [0, 0.1) is 0 Å². The molecule has 1 aromatic heterocycles. The molecule has 3 aromatic rings. The van der Waals surface area contributed by atoms with Gasteiger partial charge in [0.2, 0.25) is 11.0 Å². The first-order chi connectivity index (χ1) is 15.2.